The zero-order valence-electron chi connectivity index (χ0n) is 9.15. The van der Waals surface area contributed by atoms with E-state index in [1.165, 1.54) is 11.8 Å². The number of nitrogens with zero attached hydrogens (tertiary/aromatic N) is 2. The monoisotopic (exact) mass is 268 g/mol. The van der Waals surface area contributed by atoms with Crippen molar-refractivity contribution >= 4 is 23.4 Å². The summed E-state index contributed by atoms with van der Waals surface area (Å²) in [5.41, 5.74) is 0.350. The molecule has 0 N–H and O–H groups in total. The molecule has 0 amide bonds. The van der Waals surface area contributed by atoms with E-state index >= 15 is 0 Å². The predicted molar refractivity (Wildman–Crippen MR) is 66.9 cm³/mol. The molecule has 0 fully saturated rings. The number of aryl methyl sites for hydroxylation is 1. The van der Waals surface area contributed by atoms with Crippen molar-refractivity contribution in [2.45, 2.75) is 23.3 Å². The number of halogens is 2. The third-order valence-corrected chi connectivity index (χ3v) is 3.30. The summed E-state index contributed by atoms with van der Waals surface area (Å²) in [6.45, 7) is 1.83. The van der Waals surface area contributed by atoms with Crippen LogP contribution in [0.4, 0.5) is 4.39 Å². The van der Waals surface area contributed by atoms with Crippen molar-refractivity contribution in [3.63, 3.8) is 0 Å². The minimum absolute atomic E-state index is 0.0849. The first kappa shape index (κ1) is 12.3. The molecule has 0 atom stereocenters. The summed E-state index contributed by atoms with van der Waals surface area (Å²) >= 11 is 7.01. The average molecular weight is 269 g/mol. The summed E-state index contributed by atoms with van der Waals surface area (Å²) < 4.78 is 13.9. The highest BCUT2D eigenvalue weighted by atomic mass is 35.5. The molecular weight excluding hydrogens is 259 g/mol. The number of rotatable bonds is 3. The van der Waals surface area contributed by atoms with Gasteiger partial charge < -0.3 is 0 Å². The van der Waals surface area contributed by atoms with Gasteiger partial charge in [-0.2, -0.15) is 0 Å². The van der Waals surface area contributed by atoms with Crippen LogP contribution in [0.2, 0.25) is 5.28 Å². The van der Waals surface area contributed by atoms with E-state index in [1.54, 1.807) is 0 Å². The van der Waals surface area contributed by atoms with E-state index in [0.29, 0.717) is 12.1 Å². The number of aromatic nitrogens is 2. The van der Waals surface area contributed by atoms with Gasteiger partial charge in [0.25, 0.3) is 0 Å². The zero-order chi connectivity index (χ0) is 12.3. The Kier molecular flexibility index (Phi) is 3.97. The standard InChI is InChI=1S/C12H10ClFN2S/c1-2-9-10(14)11(16-12(13)15-9)17-8-6-4-3-5-7-8/h3-7H,2H2,1H3. The van der Waals surface area contributed by atoms with Crippen LogP contribution in [0, 0.1) is 5.82 Å². The molecule has 0 saturated carbocycles. The van der Waals surface area contributed by atoms with Gasteiger partial charge in [-0.15, -0.1) is 0 Å². The van der Waals surface area contributed by atoms with Crippen LogP contribution >= 0.6 is 23.4 Å². The van der Waals surface area contributed by atoms with Crippen molar-refractivity contribution in [2.75, 3.05) is 0 Å². The second-order valence-electron chi connectivity index (χ2n) is 3.33. The minimum Gasteiger partial charge on any atom is -0.220 e. The second-order valence-corrected chi connectivity index (χ2v) is 4.73. The van der Waals surface area contributed by atoms with E-state index < -0.39 is 0 Å². The van der Waals surface area contributed by atoms with E-state index in [2.05, 4.69) is 9.97 Å². The quantitative estimate of drug-likeness (QED) is 0.622. The van der Waals surface area contributed by atoms with Gasteiger partial charge in [0.1, 0.15) is 5.03 Å². The SMILES string of the molecule is CCc1nc(Cl)nc(Sc2ccccc2)c1F. The minimum atomic E-state index is -0.384. The van der Waals surface area contributed by atoms with E-state index in [-0.39, 0.29) is 16.1 Å². The van der Waals surface area contributed by atoms with Crippen LogP contribution in [0.3, 0.4) is 0 Å². The Balaban J connectivity index is 2.36. The second kappa shape index (κ2) is 5.47. The van der Waals surface area contributed by atoms with Crippen LogP contribution in [0.25, 0.3) is 0 Å². The van der Waals surface area contributed by atoms with Gasteiger partial charge in [0.05, 0.1) is 5.69 Å². The van der Waals surface area contributed by atoms with Crippen LogP contribution in [-0.2, 0) is 6.42 Å². The molecule has 0 bridgehead atoms. The number of benzene rings is 1. The molecule has 1 heterocycles. The van der Waals surface area contributed by atoms with E-state index in [1.807, 2.05) is 37.3 Å². The lowest BCUT2D eigenvalue weighted by Gasteiger charge is -2.05. The third kappa shape index (κ3) is 2.96. The number of hydrogen-bond donors (Lipinski definition) is 0. The normalized spacial score (nSPS) is 10.5. The van der Waals surface area contributed by atoms with Crippen LogP contribution in [-0.4, -0.2) is 9.97 Å². The molecule has 5 heteroatoms. The maximum absolute atomic E-state index is 13.9. The summed E-state index contributed by atoms with van der Waals surface area (Å²) in [6, 6.07) is 9.48. The fourth-order valence-electron chi connectivity index (χ4n) is 1.34. The van der Waals surface area contributed by atoms with Gasteiger partial charge in [-0.1, -0.05) is 36.9 Å². The topological polar surface area (TPSA) is 25.8 Å². The first-order chi connectivity index (χ1) is 8.20. The van der Waals surface area contributed by atoms with Crippen LogP contribution in [0.5, 0.6) is 0 Å². The molecule has 88 valence electrons. The molecule has 0 aliphatic rings. The molecule has 2 aromatic rings. The summed E-state index contributed by atoms with van der Waals surface area (Å²) in [5, 5.41) is 0.356. The van der Waals surface area contributed by atoms with Crippen LogP contribution < -0.4 is 0 Å². The summed E-state index contributed by atoms with van der Waals surface area (Å²) in [5.74, 6) is -0.384. The lowest BCUT2D eigenvalue weighted by Crippen LogP contribution is -1.99. The Morgan fingerprint density at radius 3 is 2.59 bits per heavy atom. The van der Waals surface area contributed by atoms with Gasteiger partial charge in [-0.25, -0.2) is 14.4 Å². The fourth-order valence-corrected chi connectivity index (χ4v) is 2.44. The third-order valence-electron chi connectivity index (χ3n) is 2.15. The Morgan fingerprint density at radius 2 is 1.94 bits per heavy atom. The first-order valence-corrected chi connectivity index (χ1v) is 6.35. The Labute approximate surface area is 108 Å². The van der Waals surface area contributed by atoms with Crippen LogP contribution in [0.15, 0.2) is 40.3 Å². The molecule has 0 aliphatic heterocycles. The highest BCUT2D eigenvalue weighted by Gasteiger charge is 2.13. The molecular formula is C12H10ClFN2S. The fraction of sp³-hybridized carbons (Fsp3) is 0.167. The van der Waals surface area contributed by atoms with E-state index in [0.717, 1.165) is 4.90 Å². The molecule has 0 aliphatic carbocycles. The van der Waals surface area contributed by atoms with E-state index in [4.69, 9.17) is 11.6 Å². The average Bonchev–Trinajstić information content (AvgIpc) is 2.34. The smallest absolute Gasteiger partial charge is 0.220 e. The Morgan fingerprint density at radius 1 is 1.24 bits per heavy atom. The number of hydrogen-bond acceptors (Lipinski definition) is 3. The highest BCUT2D eigenvalue weighted by molar-refractivity contribution is 7.99. The maximum atomic E-state index is 13.9. The van der Waals surface area contributed by atoms with Gasteiger partial charge in [0.15, 0.2) is 5.82 Å². The molecule has 2 nitrogen and oxygen atoms in total. The molecule has 0 radical (unpaired) electrons. The summed E-state index contributed by atoms with van der Waals surface area (Å²) in [4.78, 5) is 8.70. The summed E-state index contributed by atoms with van der Waals surface area (Å²) in [7, 11) is 0. The lowest BCUT2D eigenvalue weighted by atomic mass is 10.3. The van der Waals surface area contributed by atoms with Crippen molar-refractivity contribution in [1.82, 2.24) is 9.97 Å². The molecule has 0 saturated heterocycles. The first-order valence-electron chi connectivity index (χ1n) is 5.15. The Hall–Kier alpha value is -1.13. The molecule has 1 aromatic carbocycles. The van der Waals surface area contributed by atoms with Gasteiger partial charge in [0, 0.05) is 4.90 Å². The van der Waals surface area contributed by atoms with Gasteiger partial charge in [0.2, 0.25) is 5.28 Å². The van der Waals surface area contributed by atoms with Crippen molar-refractivity contribution < 1.29 is 4.39 Å². The lowest BCUT2D eigenvalue weighted by molar-refractivity contribution is 0.559. The summed E-state index contributed by atoms with van der Waals surface area (Å²) in [6.07, 6.45) is 0.496. The van der Waals surface area contributed by atoms with Crippen molar-refractivity contribution in [2.24, 2.45) is 0 Å². The zero-order valence-corrected chi connectivity index (χ0v) is 10.7. The van der Waals surface area contributed by atoms with Gasteiger partial charge in [-0.05, 0) is 30.2 Å². The molecule has 2 rings (SSSR count). The molecule has 0 unspecified atom stereocenters. The highest BCUT2D eigenvalue weighted by Crippen LogP contribution is 2.29. The van der Waals surface area contributed by atoms with Crippen LogP contribution in [0.1, 0.15) is 12.6 Å². The largest absolute Gasteiger partial charge is 0.223 e. The Bertz CT molecular complexity index is 519. The molecule has 0 spiro atoms. The van der Waals surface area contributed by atoms with Crippen molar-refractivity contribution in [1.29, 1.82) is 0 Å². The predicted octanol–water partition coefficient (Wildman–Crippen LogP) is 3.98. The maximum Gasteiger partial charge on any atom is 0.223 e. The van der Waals surface area contributed by atoms with Gasteiger partial charge >= 0.3 is 0 Å². The molecule has 17 heavy (non-hydrogen) atoms. The van der Waals surface area contributed by atoms with Crippen molar-refractivity contribution in [3.05, 3.63) is 47.1 Å². The van der Waals surface area contributed by atoms with Crippen molar-refractivity contribution in [3.8, 4) is 0 Å². The van der Waals surface area contributed by atoms with E-state index in [9.17, 15) is 4.39 Å². The van der Waals surface area contributed by atoms with Gasteiger partial charge in [-0.3, -0.25) is 0 Å². The molecule has 1 aromatic heterocycles.